The maximum absolute atomic E-state index is 12.2. The van der Waals surface area contributed by atoms with Crippen LogP contribution in [-0.2, 0) is 22.1 Å². The average molecular weight is 388 g/mol. The van der Waals surface area contributed by atoms with Crippen LogP contribution in [0, 0.1) is 6.92 Å². The quantitative estimate of drug-likeness (QED) is 0.394. The fraction of sp³-hybridized carbons (Fsp3) is 0.381. The molecule has 0 saturated heterocycles. The molecule has 6 heteroatoms. The number of nitrogens with one attached hydrogen (secondary N) is 2. The van der Waals surface area contributed by atoms with E-state index >= 15 is 0 Å². The number of aliphatic imine (C=N–C) groups is 1. The molecule has 0 heterocycles. The fourth-order valence-electron chi connectivity index (χ4n) is 2.69. The number of sulfone groups is 1. The molecule has 0 radical (unpaired) electrons. The Morgan fingerprint density at radius 3 is 2.41 bits per heavy atom. The molecule has 2 N–H and O–H groups in total. The van der Waals surface area contributed by atoms with Gasteiger partial charge < -0.3 is 10.6 Å². The van der Waals surface area contributed by atoms with Crippen molar-refractivity contribution >= 4 is 15.8 Å². The fourth-order valence-corrected chi connectivity index (χ4v) is 4.12. The van der Waals surface area contributed by atoms with Crippen LogP contribution in [0.5, 0.6) is 0 Å². The summed E-state index contributed by atoms with van der Waals surface area (Å²) in [6.45, 7) is 5.99. The van der Waals surface area contributed by atoms with E-state index in [9.17, 15) is 8.42 Å². The SMILES string of the molecule is CCNC(=NCc1ccccc1C)NCCCS(=O)(=O)Cc1ccccc1. The van der Waals surface area contributed by atoms with Crippen LogP contribution in [0.3, 0.4) is 0 Å². The van der Waals surface area contributed by atoms with Gasteiger partial charge in [0.15, 0.2) is 15.8 Å². The van der Waals surface area contributed by atoms with Gasteiger partial charge in [-0.3, -0.25) is 0 Å². The number of hydrogen-bond acceptors (Lipinski definition) is 3. The molecule has 2 rings (SSSR count). The van der Waals surface area contributed by atoms with Crippen molar-refractivity contribution in [1.29, 1.82) is 0 Å². The Kier molecular flexibility index (Phi) is 8.33. The van der Waals surface area contributed by atoms with Gasteiger partial charge in [-0.1, -0.05) is 54.6 Å². The van der Waals surface area contributed by atoms with Crippen molar-refractivity contribution in [1.82, 2.24) is 10.6 Å². The lowest BCUT2D eigenvalue weighted by Gasteiger charge is -2.12. The van der Waals surface area contributed by atoms with Crippen LogP contribution in [0.2, 0.25) is 0 Å². The van der Waals surface area contributed by atoms with Gasteiger partial charge >= 0.3 is 0 Å². The Morgan fingerprint density at radius 2 is 1.70 bits per heavy atom. The molecule has 5 nitrogen and oxygen atoms in total. The van der Waals surface area contributed by atoms with Gasteiger partial charge in [0.2, 0.25) is 0 Å². The summed E-state index contributed by atoms with van der Waals surface area (Å²) in [5, 5.41) is 6.42. The van der Waals surface area contributed by atoms with E-state index in [0.717, 1.165) is 12.1 Å². The zero-order valence-corrected chi connectivity index (χ0v) is 16.9. The first-order valence-corrected chi connectivity index (χ1v) is 11.1. The number of guanidine groups is 1. The maximum Gasteiger partial charge on any atom is 0.191 e. The molecule has 0 atom stereocenters. The largest absolute Gasteiger partial charge is 0.357 e. The topological polar surface area (TPSA) is 70.6 Å². The maximum atomic E-state index is 12.2. The van der Waals surface area contributed by atoms with Gasteiger partial charge in [-0.25, -0.2) is 13.4 Å². The van der Waals surface area contributed by atoms with Crippen molar-refractivity contribution in [3.05, 3.63) is 71.3 Å². The van der Waals surface area contributed by atoms with Crippen LogP contribution < -0.4 is 10.6 Å². The number of benzene rings is 2. The first-order valence-electron chi connectivity index (χ1n) is 9.31. The summed E-state index contributed by atoms with van der Waals surface area (Å²) in [5.41, 5.74) is 3.22. The van der Waals surface area contributed by atoms with Crippen LogP contribution in [0.15, 0.2) is 59.6 Å². The van der Waals surface area contributed by atoms with E-state index in [1.165, 1.54) is 11.1 Å². The molecule has 0 saturated carbocycles. The highest BCUT2D eigenvalue weighted by Crippen LogP contribution is 2.08. The summed E-state index contributed by atoms with van der Waals surface area (Å²) in [6.07, 6.45) is 0.546. The smallest absolute Gasteiger partial charge is 0.191 e. The first kappa shape index (κ1) is 21.0. The summed E-state index contributed by atoms with van der Waals surface area (Å²) < 4.78 is 24.5. The van der Waals surface area contributed by atoms with Crippen molar-refractivity contribution in [2.45, 2.75) is 32.6 Å². The van der Waals surface area contributed by atoms with E-state index in [-0.39, 0.29) is 11.5 Å². The number of aryl methyl sites for hydroxylation is 1. The molecule has 0 bridgehead atoms. The lowest BCUT2D eigenvalue weighted by molar-refractivity contribution is 0.591. The molecule has 0 fully saturated rings. The first-order chi connectivity index (χ1) is 13.0. The Morgan fingerprint density at radius 1 is 1.00 bits per heavy atom. The predicted molar refractivity (Wildman–Crippen MR) is 113 cm³/mol. The van der Waals surface area contributed by atoms with Gasteiger partial charge in [0.25, 0.3) is 0 Å². The second-order valence-corrected chi connectivity index (χ2v) is 8.66. The third-order valence-corrected chi connectivity index (χ3v) is 5.85. The lowest BCUT2D eigenvalue weighted by Crippen LogP contribution is -2.38. The minimum absolute atomic E-state index is 0.0925. The van der Waals surface area contributed by atoms with E-state index in [1.54, 1.807) is 0 Å². The van der Waals surface area contributed by atoms with Crippen LogP contribution in [0.25, 0.3) is 0 Å². The van der Waals surface area contributed by atoms with E-state index in [2.05, 4.69) is 34.7 Å². The molecule has 0 unspecified atom stereocenters. The predicted octanol–water partition coefficient (Wildman–Crippen LogP) is 3.06. The van der Waals surface area contributed by atoms with Crippen LogP contribution in [0.4, 0.5) is 0 Å². The lowest BCUT2D eigenvalue weighted by atomic mass is 10.1. The van der Waals surface area contributed by atoms with E-state index < -0.39 is 9.84 Å². The Labute approximate surface area is 162 Å². The van der Waals surface area contributed by atoms with E-state index in [4.69, 9.17) is 0 Å². The second-order valence-electron chi connectivity index (χ2n) is 6.48. The van der Waals surface area contributed by atoms with E-state index in [0.29, 0.717) is 25.5 Å². The average Bonchev–Trinajstić information content (AvgIpc) is 2.64. The molecule has 2 aromatic carbocycles. The molecule has 0 amide bonds. The van der Waals surface area contributed by atoms with Gasteiger partial charge in [-0.15, -0.1) is 0 Å². The standard InChI is InChI=1S/C21H29N3O2S/c1-3-22-21(24-16-20-13-8-7-10-18(20)2)23-14-9-15-27(25,26)17-19-11-5-4-6-12-19/h4-8,10-13H,3,9,14-17H2,1-2H3,(H2,22,23,24). The molecule has 0 aliphatic carbocycles. The van der Waals surface area contributed by atoms with E-state index in [1.807, 2.05) is 49.4 Å². The number of rotatable bonds is 9. The van der Waals surface area contributed by atoms with Crippen LogP contribution in [-0.4, -0.2) is 33.2 Å². The van der Waals surface area contributed by atoms with Gasteiger partial charge in [-0.05, 0) is 37.0 Å². The molecule has 0 aliphatic rings. The molecule has 0 aromatic heterocycles. The molecule has 0 aliphatic heterocycles. The van der Waals surface area contributed by atoms with Crippen molar-refractivity contribution in [3.8, 4) is 0 Å². The third kappa shape index (κ3) is 7.83. The van der Waals surface area contributed by atoms with Crippen LogP contribution >= 0.6 is 0 Å². The van der Waals surface area contributed by atoms with Crippen molar-refractivity contribution < 1.29 is 8.42 Å². The molecule has 146 valence electrons. The minimum Gasteiger partial charge on any atom is -0.357 e. The Hall–Kier alpha value is -2.34. The molecule has 0 spiro atoms. The van der Waals surface area contributed by atoms with Crippen molar-refractivity contribution in [2.24, 2.45) is 4.99 Å². The second kappa shape index (κ2) is 10.7. The van der Waals surface area contributed by atoms with Gasteiger partial charge in [0, 0.05) is 13.1 Å². The van der Waals surface area contributed by atoms with Gasteiger partial charge in [0.1, 0.15) is 0 Å². The Bertz CT molecular complexity index is 834. The molecular formula is C21H29N3O2S. The summed E-state index contributed by atoms with van der Waals surface area (Å²) in [7, 11) is -3.11. The minimum atomic E-state index is -3.11. The normalized spacial score (nSPS) is 12.0. The number of nitrogens with zero attached hydrogens (tertiary/aromatic N) is 1. The summed E-state index contributed by atoms with van der Waals surface area (Å²) in [6, 6.07) is 17.5. The summed E-state index contributed by atoms with van der Waals surface area (Å²) in [5.74, 6) is 0.961. The highest BCUT2D eigenvalue weighted by atomic mass is 32.2. The highest BCUT2D eigenvalue weighted by Gasteiger charge is 2.11. The van der Waals surface area contributed by atoms with Crippen LogP contribution in [0.1, 0.15) is 30.0 Å². The van der Waals surface area contributed by atoms with Crippen molar-refractivity contribution in [2.75, 3.05) is 18.8 Å². The van der Waals surface area contributed by atoms with Crippen molar-refractivity contribution in [3.63, 3.8) is 0 Å². The molecule has 27 heavy (non-hydrogen) atoms. The zero-order chi connectivity index (χ0) is 19.5. The molecule has 2 aromatic rings. The Balaban J connectivity index is 1.81. The third-order valence-electron chi connectivity index (χ3n) is 4.17. The summed E-state index contributed by atoms with van der Waals surface area (Å²) >= 11 is 0. The van der Waals surface area contributed by atoms with Gasteiger partial charge in [-0.2, -0.15) is 0 Å². The number of hydrogen-bond donors (Lipinski definition) is 2. The van der Waals surface area contributed by atoms with Gasteiger partial charge in [0.05, 0.1) is 18.1 Å². The summed E-state index contributed by atoms with van der Waals surface area (Å²) in [4.78, 5) is 4.59. The zero-order valence-electron chi connectivity index (χ0n) is 16.1. The monoisotopic (exact) mass is 387 g/mol. The highest BCUT2D eigenvalue weighted by molar-refractivity contribution is 7.90. The molecular weight excluding hydrogens is 358 g/mol.